The number of anilines is 1. The summed E-state index contributed by atoms with van der Waals surface area (Å²) in [5.41, 5.74) is 6.71. The molecule has 0 unspecified atom stereocenters. The first-order valence-electron chi connectivity index (χ1n) is 5.38. The average Bonchev–Trinajstić information content (AvgIpc) is 2.78. The molecule has 1 aromatic carbocycles. The van der Waals surface area contributed by atoms with Crippen LogP contribution >= 0.6 is 24.8 Å². The van der Waals surface area contributed by atoms with Gasteiger partial charge in [0.15, 0.2) is 0 Å². The molecule has 5 nitrogen and oxygen atoms in total. The molecule has 1 aromatic heterocycles. The van der Waals surface area contributed by atoms with Crippen LogP contribution in [-0.4, -0.2) is 22.2 Å². The predicted octanol–water partition coefficient (Wildman–Crippen LogP) is 1.94. The van der Waals surface area contributed by atoms with Gasteiger partial charge in [-0.1, -0.05) is 18.2 Å². The molecule has 0 atom stereocenters. The lowest BCUT2D eigenvalue weighted by molar-refractivity contribution is 0.102. The van der Waals surface area contributed by atoms with Gasteiger partial charge in [0.2, 0.25) is 0 Å². The lowest BCUT2D eigenvalue weighted by atomic mass is 10.2. The van der Waals surface area contributed by atoms with Crippen molar-refractivity contribution in [3.05, 3.63) is 48.3 Å². The molecule has 3 N–H and O–H groups in total. The van der Waals surface area contributed by atoms with Gasteiger partial charge in [0.05, 0.1) is 18.4 Å². The van der Waals surface area contributed by atoms with Crippen LogP contribution < -0.4 is 11.1 Å². The molecular weight excluding hydrogens is 287 g/mol. The molecule has 0 radical (unpaired) electrons. The summed E-state index contributed by atoms with van der Waals surface area (Å²) in [6, 6.07) is 9.05. The zero-order valence-corrected chi connectivity index (χ0v) is 11.8. The zero-order valence-electron chi connectivity index (χ0n) is 10.2. The lowest BCUT2D eigenvalue weighted by Gasteiger charge is -2.01. The minimum absolute atomic E-state index is 0. The van der Waals surface area contributed by atoms with Crippen molar-refractivity contribution in [1.29, 1.82) is 0 Å². The highest BCUT2D eigenvalue weighted by Crippen LogP contribution is 2.07. The number of aromatic nitrogens is 2. The molecular formula is C12H16Cl2N4O. The minimum atomic E-state index is -0.141. The van der Waals surface area contributed by atoms with E-state index >= 15 is 0 Å². The van der Waals surface area contributed by atoms with Gasteiger partial charge in [-0.15, -0.1) is 24.8 Å². The van der Waals surface area contributed by atoms with Crippen molar-refractivity contribution < 1.29 is 4.79 Å². The Labute approximate surface area is 124 Å². The fourth-order valence-corrected chi connectivity index (χ4v) is 1.48. The number of carbonyl (C=O) groups is 1. The van der Waals surface area contributed by atoms with E-state index in [1.807, 2.05) is 18.2 Å². The van der Waals surface area contributed by atoms with Crippen molar-refractivity contribution >= 4 is 36.4 Å². The summed E-state index contributed by atoms with van der Waals surface area (Å²) in [7, 11) is 0. The van der Waals surface area contributed by atoms with Crippen LogP contribution in [0.2, 0.25) is 0 Å². The van der Waals surface area contributed by atoms with Crippen LogP contribution in [0.5, 0.6) is 0 Å². The number of nitrogens with two attached hydrogens (primary N) is 1. The van der Waals surface area contributed by atoms with Crippen LogP contribution in [0, 0.1) is 0 Å². The molecule has 0 fully saturated rings. The molecule has 0 bridgehead atoms. The monoisotopic (exact) mass is 302 g/mol. The van der Waals surface area contributed by atoms with Crippen LogP contribution in [-0.2, 0) is 6.54 Å². The number of hydrogen-bond donors (Lipinski definition) is 2. The van der Waals surface area contributed by atoms with Crippen molar-refractivity contribution in [3.8, 4) is 0 Å². The highest BCUT2D eigenvalue weighted by atomic mass is 35.5. The normalized spacial score (nSPS) is 9.11. The second-order valence-electron chi connectivity index (χ2n) is 3.60. The van der Waals surface area contributed by atoms with Gasteiger partial charge >= 0.3 is 0 Å². The third-order valence-electron chi connectivity index (χ3n) is 2.29. The van der Waals surface area contributed by atoms with E-state index in [4.69, 9.17) is 5.73 Å². The Hall–Kier alpha value is -1.56. The maximum Gasteiger partial charge on any atom is 0.255 e. The number of rotatable bonds is 4. The van der Waals surface area contributed by atoms with E-state index in [9.17, 15) is 4.79 Å². The highest BCUT2D eigenvalue weighted by Gasteiger charge is 2.06. The number of carbonyl (C=O) groups excluding carboxylic acids is 1. The second kappa shape index (κ2) is 8.53. The van der Waals surface area contributed by atoms with Crippen molar-refractivity contribution in [2.75, 3.05) is 11.9 Å². The van der Waals surface area contributed by atoms with E-state index in [2.05, 4.69) is 10.4 Å². The quantitative estimate of drug-likeness (QED) is 0.906. The molecule has 0 aliphatic heterocycles. The number of amides is 1. The predicted molar refractivity (Wildman–Crippen MR) is 80.2 cm³/mol. The van der Waals surface area contributed by atoms with Crippen molar-refractivity contribution in [1.82, 2.24) is 9.78 Å². The van der Waals surface area contributed by atoms with E-state index in [-0.39, 0.29) is 30.7 Å². The smallest absolute Gasteiger partial charge is 0.255 e. The fraction of sp³-hybridized carbons (Fsp3) is 0.167. The molecule has 2 rings (SSSR count). The average molecular weight is 303 g/mol. The van der Waals surface area contributed by atoms with E-state index in [0.29, 0.717) is 24.3 Å². The van der Waals surface area contributed by atoms with Crippen LogP contribution in [0.25, 0.3) is 0 Å². The minimum Gasteiger partial charge on any atom is -0.329 e. The van der Waals surface area contributed by atoms with Gasteiger partial charge in [-0.2, -0.15) is 5.10 Å². The van der Waals surface area contributed by atoms with E-state index in [1.165, 1.54) is 0 Å². The molecule has 1 amide bonds. The van der Waals surface area contributed by atoms with Crippen LogP contribution in [0.1, 0.15) is 10.4 Å². The summed E-state index contributed by atoms with van der Waals surface area (Å²) in [6.45, 7) is 1.16. The zero-order chi connectivity index (χ0) is 12.1. The van der Waals surface area contributed by atoms with E-state index in [1.54, 1.807) is 29.2 Å². The van der Waals surface area contributed by atoms with Gasteiger partial charge in [-0.25, -0.2) is 0 Å². The summed E-state index contributed by atoms with van der Waals surface area (Å²) in [6.07, 6.45) is 3.37. The topological polar surface area (TPSA) is 72.9 Å². The van der Waals surface area contributed by atoms with Gasteiger partial charge < -0.3 is 11.1 Å². The van der Waals surface area contributed by atoms with Gasteiger partial charge in [-0.05, 0) is 12.1 Å². The molecule has 0 saturated carbocycles. The Morgan fingerprint density at radius 1 is 1.26 bits per heavy atom. The number of nitrogens with zero attached hydrogens (tertiary/aromatic N) is 2. The first-order chi connectivity index (χ1) is 8.29. The number of benzene rings is 1. The Morgan fingerprint density at radius 3 is 2.58 bits per heavy atom. The third-order valence-corrected chi connectivity index (χ3v) is 2.29. The maximum atomic E-state index is 11.8. The summed E-state index contributed by atoms with van der Waals surface area (Å²) >= 11 is 0. The molecule has 104 valence electrons. The first kappa shape index (κ1) is 17.4. The second-order valence-corrected chi connectivity index (χ2v) is 3.60. The van der Waals surface area contributed by atoms with Gasteiger partial charge in [0.1, 0.15) is 0 Å². The molecule has 19 heavy (non-hydrogen) atoms. The molecule has 7 heteroatoms. The van der Waals surface area contributed by atoms with Gasteiger partial charge in [0, 0.05) is 18.3 Å². The standard InChI is InChI=1S/C12H14N4O.2ClH/c13-6-7-16-9-11(8-14-16)15-12(17)10-4-2-1-3-5-10;;/h1-5,8-9H,6-7,13H2,(H,15,17);2*1H. The van der Waals surface area contributed by atoms with Crippen LogP contribution in [0.4, 0.5) is 5.69 Å². The SMILES string of the molecule is Cl.Cl.NCCn1cc(NC(=O)c2ccccc2)cn1. The van der Waals surface area contributed by atoms with E-state index < -0.39 is 0 Å². The van der Waals surface area contributed by atoms with Crippen molar-refractivity contribution in [2.24, 2.45) is 5.73 Å². The van der Waals surface area contributed by atoms with Crippen LogP contribution in [0.3, 0.4) is 0 Å². The Kier molecular flexibility index (Phi) is 7.83. The lowest BCUT2D eigenvalue weighted by Crippen LogP contribution is -2.12. The fourth-order valence-electron chi connectivity index (χ4n) is 1.48. The van der Waals surface area contributed by atoms with Crippen molar-refractivity contribution in [2.45, 2.75) is 6.54 Å². The molecule has 0 spiro atoms. The number of halogens is 2. The van der Waals surface area contributed by atoms with Gasteiger partial charge in [-0.3, -0.25) is 9.48 Å². The summed E-state index contributed by atoms with van der Waals surface area (Å²) in [4.78, 5) is 11.8. The summed E-state index contributed by atoms with van der Waals surface area (Å²) in [5, 5.41) is 6.85. The summed E-state index contributed by atoms with van der Waals surface area (Å²) < 4.78 is 1.70. The Balaban J connectivity index is 0.00000162. The third kappa shape index (κ3) is 4.90. The highest BCUT2D eigenvalue weighted by molar-refractivity contribution is 6.04. The first-order valence-corrected chi connectivity index (χ1v) is 5.38. The molecule has 0 aliphatic carbocycles. The molecule has 2 aromatic rings. The Bertz CT molecular complexity index is 501. The van der Waals surface area contributed by atoms with Crippen LogP contribution in [0.15, 0.2) is 42.7 Å². The summed E-state index contributed by atoms with van der Waals surface area (Å²) in [5.74, 6) is -0.141. The molecule has 0 saturated heterocycles. The number of nitrogens with one attached hydrogen (secondary N) is 1. The van der Waals surface area contributed by atoms with Gasteiger partial charge in [0.25, 0.3) is 5.91 Å². The maximum absolute atomic E-state index is 11.8. The van der Waals surface area contributed by atoms with Crippen molar-refractivity contribution in [3.63, 3.8) is 0 Å². The largest absolute Gasteiger partial charge is 0.329 e. The molecule has 0 aliphatic rings. The molecule has 1 heterocycles. The number of hydrogen-bond acceptors (Lipinski definition) is 3. The van der Waals surface area contributed by atoms with E-state index in [0.717, 1.165) is 0 Å². The Morgan fingerprint density at radius 2 is 1.95 bits per heavy atom.